The summed E-state index contributed by atoms with van der Waals surface area (Å²) >= 11 is 0. The molecule has 1 unspecified atom stereocenters. The molecule has 1 amide bonds. The van der Waals surface area contributed by atoms with Crippen LogP contribution in [0.2, 0.25) is 0 Å². The number of sulfonamides is 1. The summed E-state index contributed by atoms with van der Waals surface area (Å²) in [7, 11) is -3.67. The van der Waals surface area contributed by atoms with Gasteiger partial charge in [-0.15, -0.1) is 0 Å². The Morgan fingerprint density at radius 1 is 1.29 bits per heavy atom. The van der Waals surface area contributed by atoms with E-state index in [1.165, 1.54) is 16.4 Å². The molecule has 6 nitrogen and oxygen atoms in total. The van der Waals surface area contributed by atoms with Crippen molar-refractivity contribution in [1.29, 1.82) is 0 Å². The normalized spacial score (nSPS) is 20.1. The molecule has 116 valence electrons. The summed E-state index contributed by atoms with van der Waals surface area (Å²) in [6, 6.07) is 7.45. The number of piperidine rings is 1. The maximum Gasteiger partial charge on any atom is 0.243 e. The number of aliphatic hydroxyl groups is 1. The molecule has 1 fully saturated rings. The molecule has 7 heteroatoms. The first kappa shape index (κ1) is 15.9. The predicted octanol–water partition coefficient (Wildman–Crippen LogP) is 0.338. The summed E-state index contributed by atoms with van der Waals surface area (Å²) in [5.41, 5.74) is 0. The number of benzene rings is 1. The van der Waals surface area contributed by atoms with Gasteiger partial charge in [-0.1, -0.05) is 24.6 Å². The van der Waals surface area contributed by atoms with Crippen molar-refractivity contribution in [2.45, 2.75) is 30.2 Å². The molecule has 1 aromatic carbocycles. The average molecular weight is 312 g/mol. The molecule has 0 aliphatic carbocycles. The van der Waals surface area contributed by atoms with Crippen molar-refractivity contribution in [3.63, 3.8) is 0 Å². The van der Waals surface area contributed by atoms with E-state index in [-0.39, 0.29) is 24.0 Å². The van der Waals surface area contributed by atoms with Crippen molar-refractivity contribution in [2.75, 3.05) is 19.7 Å². The van der Waals surface area contributed by atoms with Crippen molar-refractivity contribution in [2.24, 2.45) is 0 Å². The zero-order valence-electron chi connectivity index (χ0n) is 11.7. The monoisotopic (exact) mass is 312 g/mol. The van der Waals surface area contributed by atoms with E-state index in [1.54, 1.807) is 18.2 Å². The fourth-order valence-electron chi connectivity index (χ4n) is 2.48. The molecule has 1 atom stereocenters. The summed E-state index contributed by atoms with van der Waals surface area (Å²) in [5, 5.41) is 11.3. The Morgan fingerprint density at radius 3 is 2.67 bits per heavy atom. The molecule has 0 radical (unpaired) electrons. The van der Waals surface area contributed by atoms with Gasteiger partial charge in [0.25, 0.3) is 0 Å². The molecule has 0 saturated carbocycles. The van der Waals surface area contributed by atoms with Crippen LogP contribution in [0.3, 0.4) is 0 Å². The van der Waals surface area contributed by atoms with E-state index in [1.807, 2.05) is 0 Å². The molecule has 2 rings (SSSR count). The van der Waals surface area contributed by atoms with Crippen molar-refractivity contribution in [1.82, 2.24) is 9.62 Å². The second kappa shape index (κ2) is 7.02. The van der Waals surface area contributed by atoms with Gasteiger partial charge in [0.15, 0.2) is 0 Å². The fraction of sp³-hybridized carbons (Fsp3) is 0.500. The summed E-state index contributed by atoms with van der Waals surface area (Å²) < 4.78 is 26.6. The highest BCUT2D eigenvalue weighted by Crippen LogP contribution is 2.25. The maximum absolute atomic E-state index is 12.7. The van der Waals surface area contributed by atoms with Crippen molar-refractivity contribution < 1.29 is 18.3 Å². The van der Waals surface area contributed by atoms with Gasteiger partial charge in [0.05, 0.1) is 11.5 Å². The minimum Gasteiger partial charge on any atom is -0.395 e. The zero-order chi connectivity index (χ0) is 15.3. The van der Waals surface area contributed by atoms with E-state index in [4.69, 9.17) is 5.11 Å². The summed E-state index contributed by atoms with van der Waals surface area (Å²) in [6.45, 7) is 0.312. The Labute approximate surface area is 124 Å². The van der Waals surface area contributed by atoms with E-state index in [0.29, 0.717) is 13.0 Å². The number of nitrogens with one attached hydrogen (secondary N) is 1. The van der Waals surface area contributed by atoms with Gasteiger partial charge in [0, 0.05) is 13.1 Å². The number of carbonyl (C=O) groups excluding carboxylic acids is 1. The number of rotatable bonds is 5. The Balaban J connectivity index is 2.24. The summed E-state index contributed by atoms with van der Waals surface area (Å²) in [6.07, 6.45) is 2.07. The minimum absolute atomic E-state index is 0.133. The minimum atomic E-state index is -3.67. The van der Waals surface area contributed by atoms with E-state index in [9.17, 15) is 13.2 Å². The van der Waals surface area contributed by atoms with Crippen LogP contribution in [0.25, 0.3) is 0 Å². The quantitative estimate of drug-likeness (QED) is 0.821. The second-order valence-electron chi connectivity index (χ2n) is 4.96. The predicted molar refractivity (Wildman–Crippen MR) is 78.1 cm³/mol. The van der Waals surface area contributed by atoms with Crippen LogP contribution in [0.5, 0.6) is 0 Å². The summed E-state index contributed by atoms with van der Waals surface area (Å²) in [5.74, 6) is -0.344. The average Bonchev–Trinajstić information content (AvgIpc) is 2.53. The van der Waals surface area contributed by atoms with E-state index < -0.39 is 16.1 Å². The van der Waals surface area contributed by atoms with Crippen LogP contribution in [-0.4, -0.2) is 49.5 Å². The Morgan fingerprint density at radius 2 is 2.00 bits per heavy atom. The van der Waals surface area contributed by atoms with Crippen molar-refractivity contribution in [3.8, 4) is 0 Å². The standard InChI is InChI=1S/C14H20N2O4S/c17-11-9-15-14(18)13-8-4-5-10-16(13)21(19,20)12-6-2-1-3-7-12/h1-3,6-7,13,17H,4-5,8-11H2,(H,15,18). The van der Waals surface area contributed by atoms with E-state index in [0.717, 1.165) is 12.8 Å². The van der Waals surface area contributed by atoms with Gasteiger partial charge in [-0.25, -0.2) is 8.42 Å². The number of amides is 1. The van der Waals surface area contributed by atoms with E-state index in [2.05, 4.69) is 5.32 Å². The number of hydrogen-bond donors (Lipinski definition) is 2. The van der Waals surface area contributed by atoms with Gasteiger partial charge in [-0.2, -0.15) is 4.31 Å². The first-order chi connectivity index (χ1) is 10.1. The van der Waals surface area contributed by atoms with E-state index >= 15 is 0 Å². The molecule has 1 heterocycles. The third kappa shape index (κ3) is 3.61. The SMILES string of the molecule is O=C(NCCO)C1CCCCN1S(=O)(=O)c1ccccc1. The second-order valence-corrected chi connectivity index (χ2v) is 6.85. The van der Waals surface area contributed by atoms with Crippen LogP contribution < -0.4 is 5.32 Å². The molecule has 1 aliphatic heterocycles. The Hall–Kier alpha value is -1.44. The molecule has 0 aromatic heterocycles. The molecule has 0 spiro atoms. The van der Waals surface area contributed by atoms with Crippen LogP contribution >= 0.6 is 0 Å². The maximum atomic E-state index is 12.7. The molecular weight excluding hydrogens is 292 g/mol. The molecule has 0 bridgehead atoms. The largest absolute Gasteiger partial charge is 0.395 e. The van der Waals surface area contributed by atoms with Gasteiger partial charge < -0.3 is 10.4 Å². The van der Waals surface area contributed by atoms with Crippen LogP contribution in [-0.2, 0) is 14.8 Å². The number of nitrogens with zero attached hydrogens (tertiary/aromatic N) is 1. The first-order valence-corrected chi connectivity index (χ1v) is 8.47. The third-order valence-corrected chi connectivity index (χ3v) is 5.44. The molecule has 1 aliphatic rings. The molecule has 2 N–H and O–H groups in total. The highest BCUT2D eigenvalue weighted by atomic mass is 32.2. The topological polar surface area (TPSA) is 86.7 Å². The zero-order valence-corrected chi connectivity index (χ0v) is 12.6. The smallest absolute Gasteiger partial charge is 0.243 e. The van der Waals surface area contributed by atoms with Crippen molar-refractivity contribution >= 4 is 15.9 Å². The van der Waals surface area contributed by atoms with Crippen LogP contribution in [0.4, 0.5) is 0 Å². The van der Waals surface area contributed by atoms with Gasteiger partial charge >= 0.3 is 0 Å². The number of hydrogen-bond acceptors (Lipinski definition) is 4. The Kier molecular flexibility index (Phi) is 5.33. The van der Waals surface area contributed by atoms with Crippen LogP contribution in [0, 0.1) is 0 Å². The van der Waals surface area contributed by atoms with Crippen LogP contribution in [0.1, 0.15) is 19.3 Å². The van der Waals surface area contributed by atoms with Gasteiger partial charge in [-0.3, -0.25) is 4.79 Å². The third-order valence-electron chi connectivity index (χ3n) is 3.52. The first-order valence-electron chi connectivity index (χ1n) is 7.03. The van der Waals surface area contributed by atoms with Gasteiger partial charge in [0.1, 0.15) is 6.04 Å². The van der Waals surface area contributed by atoms with Gasteiger partial charge in [-0.05, 0) is 25.0 Å². The molecular formula is C14H20N2O4S. The highest BCUT2D eigenvalue weighted by Gasteiger charge is 2.37. The summed E-state index contributed by atoms with van der Waals surface area (Å²) in [4.78, 5) is 12.3. The molecule has 21 heavy (non-hydrogen) atoms. The lowest BCUT2D eigenvalue weighted by atomic mass is 10.0. The highest BCUT2D eigenvalue weighted by molar-refractivity contribution is 7.89. The van der Waals surface area contributed by atoms with Crippen LogP contribution in [0.15, 0.2) is 35.2 Å². The molecule has 1 saturated heterocycles. The lowest BCUT2D eigenvalue weighted by Gasteiger charge is -2.33. The number of aliphatic hydroxyl groups excluding tert-OH is 1. The fourth-order valence-corrected chi connectivity index (χ4v) is 4.16. The lowest BCUT2D eigenvalue weighted by molar-refractivity contribution is -0.125. The van der Waals surface area contributed by atoms with Gasteiger partial charge in [0.2, 0.25) is 15.9 Å². The Bertz CT molecular complexity index is 574. The number of carbonyl (C=O) groups is 1. The van der Waals surface area contributed by atoms with Crippen molar-refractivity contribution in [3.05, 3.63) is 30.3 Å². The molecule has 1 aromatic rings. The lowest BCUT2D eigenvalue weighted by Crippen LogP contribution is -2.52.